The van der Waals surface area contributed by atoms with Crippen molar-refractivity contribution in [3.63, 3.8) is 0 Å². The molecule has 0 aromatic heterocycles. The van der Waals surface area contributed by atoms with Crippen molar-refractivity contribution in [1.29, 1.82) is 5.26 Å². The Kier molecular flexibility index (Phi) is 5.85. The molecule has 0 radical (unpaired) electrons. The monoisotopic (exact) mass is 371 g/mol. The molecule has 27 heavy (non-hydrogen) atoms. The molecule has 2 atom stereocenters. The zero-order chi connectivity index (χ0) is 19.5. The van der Waals surface area contributed by atoms with Gasteiger partial charge in [-0.1, -0.05) is 19.1 Å². The van der Waals surface area contributed by atoms with Gasteiger partial charge >= 0.3 is 0 Å². The van der Waals surface area contributed by atoms with E-state index in [9.17, 15) is 9.90 Å². The molecule has 2 aliphatic rings. The van der Waals surface area contributed by atoms with Crippen LogP contribution in [0.5, 0.6) is 0 Å². The Balaban J connectivity index is 1.62. The van der Waals surface area contributed by atoms with Crippen molar-refractivity contribution in [2.45, 2.75) is 63.3 Å². The van der Waals surface area contributed by atoms with E-state index in [0.29, 0.717) is 25.0 Å². The number of ether oxygens (including phenoxy) is 1. The normalized spacial score (nSPS) is 27.9. The van der Waals surface area contributed by atoms with Crippen molar-refractivity contribution in [1.82, 2.24) is 10.2 Å². The molecule has 3 rings (SSSR count). The highest BCUT2D eigenvalue weighted by Crippen LogP contribution is 2.40. The summed E-state index contributed by atoms with van der Waals surface area (Å²) in [5, 5.41) is 23.0. The molecule has 1 aromatic carbocycles. The molecule has 1 spiro atoms. The lowest BCUT2D eigenvalue weighted by atomic mass is 9.73. The Morgan fingerprint density at radius 3 is 2.59 bits per heavy atom. The fourth-order valence-electron chi connectivity index (χ4n) is 4.25. The summed E-state index contributed by atoms with van der Waals surface area (Å²) in [6.07, 6.45) is 1.79. The molecular weight excluding hydrogens is 342 g/mol. The number of hydrogen-bond acceptors (Lipinski definition) is 5. The van der Waals surface area contributed by atoms with E-state index in [0.717, 1.165) is 32.5 Å². The molecule has 6 nitrogen and oxygen atoms in total. The van der Waals surface area contributed by atoms with Crippen molar-refractivity contribution in [3.05, 3.63) is 35.4 Å². The number of amides is 1. The number of likely N-dealkylation sites (tertiary alicyclic amines) is 1. The molecule has 2 saturated heterocycles. The Morgan fingerprint density at radius 1 is 1.33 bits per heavy atom. The van der Waals surface area contributed by atoms with Crippen LogP contribution in [0.25, 0.3) is 0 Å². The third-order valence-corrected chi connectivity index (χ3v) is 6.05. The number of carbonyl (C=O) groups excluding carboxylic acids is 1. The third-order valence-electron chi connectivity index (χ3n) is 6.05. The standard InChI is InChI=1S/C21H29N3O3/c1-3-18(25)23-20(2)10-13-27-21(19(20)26)8-11-24(12-9-21)15-17-6-4-16(14-22)5-7-17/h4-7,19,26H,3,8-13,15H2,1-2H3,(H,23,25)/t19?,20-/m1/s1. The number of nitriles is 1. The van der Waals surface area contributed by atoms with Crippen LogP contribution in [0.3, 0.4) is 0 Å². The third kappa shape index (κ3) is 4.16. The van der Waals surface area contributed by atoms with Crippen LogP contribution >= 0.6 is 0 Å². The molecule has 0 saturated carbocycles. The molecule has 146 valence electrons. The first-order chi connectivity index (χ1) is 12.9. The molecule has 1 amide bonds. The van der Waals surface area contributed by atoms with Crippen molar-refractivity contribution in [2.75, 3.05) is 19.7 Å². The van der Waals surface area contributed by atoms with Crippen molar-refractivity contribution in [3.8, 4) is 6.07 Å². The number of benzene rings is 1. The van der Waals surface area contributed by atoms with E-state index < -0.39 is 17.2 Å². The highest BCUT2D eigenvalue weighted by Gasteiger charge is 2.53. The highest BCUT2D eigenvalue weighted by atomic mass is 16.5. The zero-order valence-electron chi connectivity index (χ0n) is 16.2. The van der Waals surface area contributed by atoms with Gasteiger partial charge in [0.05, 0.1) is 22.8 Å². The van der Waals surface area contributed by atoms with Gasteiger partial charge in [0, 0.05) is 32.7 Å². The van der Waals surface area contributed by atoms with Crippen LogP contribution in [0, 0.1) is 11.3 Å². The lowest BCUT2D eigenvalue weighted by Crippen LogP contribution is -2.69. The van der Waals surface area contributed by atoms with E-state index in [-0.39, 0.29) is 5.91 Å². The number of piperidine rings is 1. The average molecular weight is 371 g/mol. The second-order valence-corrected chi connectivity index (χ2v) is 7.97. The van der Waals surface area contributed by atoms with E-state index in [1.165, 1.54) is 5.56 Å². The van der Waals surface area contributed by atoms with Gasteiger partial charge in [-0.25, -0.2) is 0 Å². The fourth-order valence-corrected chi connectivity index (χ4v) is 4.25. The predicted molar refractivity (Wildman–Crippen MR) is 102 cm³/mol. The molecule has 2 aliphatic heterocycles. The van der Waals surface area contributed by atoms with Gasteiger partial charge < -0.3 is 15.2 Å². The summed E-state index contributed by atoms with van der Waals surface area (Å²) in [7, 11) is 0. The summed E-state index contributed by atoms with van der Waals surface area (Å²) in [5.41, 5.74) is 0.620. The van der Waals surface area contributed by atoms with Crippen LogP contribution in [0.4, 0.5) is 0 Å². The number of aliphatic hydroxyl groups excluding tert-OH is 1. The van der Waals surface area contributed by atoms with Gasteiger partial charge in [0.25, 0.3) is 0 Å². The minimum absolute atomic E-state index is 0.0353. The van der Waals surface area contributed by atoms with Crippen LogP contribution in [0.1, 0.15) is 50.7 Å². The first-order valence-electron chi connectivity index (χ1n) is 9.75. The molecular formula is C21H29N3O3. The van der Waals surface area contributed by atoms with Gasteiger partial charge in [0.2, 0.25) is 5.91 Å². The van der Waals surface area contributed by atoms with E-state index in [4.69, 9.17) is 10.00 Å². The van der Waals surface area contributed by atoms with Gasteiger partial charge in [0.1, 0.15) is 6.10 Å². The van der Waals surface area contributed by atoms with Crippen LogP contribution in [0.15, 0.2) is 24.3 Å². The van der Waals surface area contributed by atoms with Crippen molar-refractivity contribution < 1.29 is 14.6 Å². The van der Waals surface area contributed by atoms with Crippen LogP contribution in [-0.2, 0) is 16.1 Å². The van der Waals surface area contributed by atoms with Crippen molar-refractivity contribution >= 4 is 5.91 Å². The summed E-state index contributed by atoms with van der Waals surface area (Å²) < 4.78 is 6.09. The van der Waals surface area contributed by atoms with Gasteiger partial charge in [-0.3, -0.25) is 9.69 Å². The molecule has 2 fully saturated rings. The van der Waals surface area contributed by atoms with E-state index >= 15 is 0 Å². The SMILES string of the molecule is CCC(=O)N[C@]1(C)CCOC2(CCN(Cc3ccc(C#N)cc3)CC2)C1O. The van der Waals surface area contributed by atoms with Gasteiger partial charge in [0.15, 0.2) is 0 Å². The van der Waals surface area contributed by atoms with Crippen molar-refractivity contribution in [2.24, 2.45) is 0 Å². The number of nitrogens with zero attached hydrogens (tertiary/aromatic N) is 2. The number of carbonyl (C=O) groups is 1. The molecule has 1 aromatic rings. The van der Waals surface area contributed by atoms with E-state index in [1.807, 2.05) is 38.1 Å². The molecule has 6 heteroatoms. The van der Waals surface area contributed by atoms with Gasteiger partial charge in [-0.2, -0.15) is 5.26 Å². The first-order valence-corrected chi connectivity index (χ1v) is 9.75. The number of aliphatic hydroxyl groups is 1. The quantitative estimate of drug-likeness (QED) is 0.845. The summed E-state index contributed by atoms with van der Waals surface area (Å²) in [5.74, 6) is -0.0353. The lowest BCUT2D eigenvalue weighted by molar-refractivity contribution is -0.208. The maximum atomic E-state index is 11.9. The fraction of sp³-hybridized carbons (Fsp3) is 0.619. The maximum Gasteiger partial charge on any atom is 0.220 e. The highest BCUT2D eigenvalue weighted by molar-refractivity contribution is 5.76. The molecule has 2 heterocycles. The second-order valence-electron chi connectivity index (χ2n) is 7.97. The Bertz CT molecular complexity index is 704. The minimum atomic E-state index is -0.716. The molecule has 2 N–H and O–H groups in total. The number of nitrogens with one attached hydrogen (secondary N) is 1. The average Bonchev–Trinajstić information content (AvgIpc) is 2.68. The molecule has 1 unspecified atom stereocenters. The molecule has 0 aliphatic carbocycles. The Hall–Kier alpha value is -1.94. The van der Waals surface area contributed by atoms with Crippen LogP contribution in [-0.4, -0.2) is 52.9 Å². The summed E-state index contributed by atoms with van der Waals surface area (Å²) >= 11 is 0. The summed E-state index contributed by atoms with van der Waals surface area (Å²) in [6.45, 7) is 6.78. The zero-order valence-corrected chi connectivity index (χ0v) is 16.2. The largest absolute Gasteiger partial charge is 0.388 e. The van der Waals surface area contributed by atoms with Crippen LogP contribution < -0.4 is 5.32 Å². The van der Waals surface area contributed by atoms with E-state index in [1.54, 1.807) is 0 Å². The maximum absolute atomic E-state index is 11.9. The Morgan fingerprint density at radius 2 is 2.00 bits per heavy atom. The number of hydrogen-bond donors (Lipinski definition) is 2. The van der Waals surface area contributed by atoms with Gasteiger partial charge in [-0.15, -0.1) is 0 Å². The molecule has 0 bridgehead atoms. The second kappa shape index (κ2) is 7.97. The topological polar surface area (TPSA) is 85.6 Å². The van der Waals surface area contributed by atoms with Gasteiger partial charge in [-0.05, 0) is 43.9 Å². The smallest absolute Gasteiger partial charge is 0.220 e. The predicted octanol–water partition coefficient (Wildman–Crippen LogP) is 1.96. The van der Waals surface area contributed by atoms with Crippen LogP contribution in [0.2, 0.25) is 0 Å². The van der Waals surface area contributed by atoms with E-state index in [2.05, 4.69) is 16.3 Å². The summed E-state index contributed by atoms with van der Waals surface area (Å²) in [4.78, 5) is 14.3. The minimum Gasteiger partial charge on any atom is -0.388 e. The lowest BCUT2D eigenvalue weighted by Gasteiger charge is -2.53. The Labute approximate surface area is 161 Å². The summed E-state index contributed by atoms with van der Waals surface area (Å²) in [6, 6.07) is 9.81. The first kappa shape index (κ1) is 19.8. The number of rotatable bonds is 4.